The van der Waals surface area contributed by atoms with Gasteiger partial charge in [-0.05, 0) is 43.9 Å². The van der Waals surface area contributed by atoms with Gasteiger partial charge in [-0.25, -0.2) is 9.97 Å². The monoisotopic (exact) mass is 336 g/mol. The number of carbonyl (C=O) groups is 1. The molecule has 1 amide bonds. The van der Waals surface area contributed by atoms with Crippen LogP contribution in [-0.2, 0) is 11.3 Å². The van der Waals surface area contributed by atoms with E-state index in [1.165, 1.54) is 0 Å². The molecule has 1 N–H and O–H groups in total. The second kappa shape index (κ2) is 7.15. The largest absolute Gasteiger partial charge is 0.380 e. The Morgan fingerprint density at radius 2 is 2.13 bits per heavy atom. The molecule has 2 aliphatic heterocycles. The summed E-state index contributed by atoms with van der Waals surface area (Å²) < 4.78 is 0. The first kappa shape index (κ1) is 16.7. The zero-order chi connectivity index (χ0) is 16.3. The molecule has 2 fully saturated rings. The summed E-state index contributed by atoms with van der Waals surface area (Å²) in [6.45, 7) is 2.07. The molecule has 1 atom stereocenters. The summed E-state index contributed by atoms with van der Waals surface area (Å²) in [6.07, 6.45) is 5.57. The fourth-order valence-electron chi connectivity index (χ4n) is 3.27. The number of aliphatic hydroxyl groups is 1. The van der Waals surface area contributed by atoms with E-state index in [0.29, 0.717) is 32.0 Å². The Morgan fingerprint density at radius 3 is 2.83 bits per heavy atom. The van der Waals surface area contributed by atoms with E-state index in [0.717, 1.165) is 30.3 Å². The number of likely N-dealkylation sites (N-methyl/N-ethyl adjacent to an activating group) is 1. The molecule has 0 aliphatic carbocycles. The van der Waals surface area contributed by atoms with Crippen LogP contribution in [0.5, 0.6) is 0 Å². The van der Waals surface area contributed by atoms with Gasteiger partial charge in [-0.3, -0.25) is 9.69 Å². The summed E-state index contributed by atoms with van der Waals surface area (Å²) in [4.78, 5) is 25.2. The number of thioether (sulfide) groups is 1. The van der Waals surface area contributed by atoms with Crippen LogP contribution in [0.3, 0.4) is 0 Å². The van der Waals surface area contributed by atoms with Crippen molar-refractivity contribution < 1.29 is 9.90 Å². The molecule has 6 nitrogen and oxygen atoms in total. The maximum absolute atomic E-state index is 12.7. The minimum absolute atomic E-state index is 0.0790. The number of hydrogen-bond acceptors (Lipinski definition) is 6. The molecule has 0 saturated carbocycles. The van der Waals surface area contributed by atoms with Crippen LogP contribution in [0, 0.1) is 0 Å². The molecule has 1 unspecified atom stereocenters. The summed E-state index contributed by atoms with van der Waals surface area (Å²) in [7, 11) is 2.04. The quantitative estimate of drug-likeness (QED) is 0.876. The number of nitrogens with zero attached hydrogens (tertiary/aromatic N) is 4. The molecule has 0 radical (unpaired) electrons. The SMILES string of the molecule is CN(Cc1ncccn1)C1CCN(C(=O)C2(O)CCSCC2)C1. The minimum Gasteiger partial charge on any atom is -0.380 e. The van der Waals surface area contributed by atoms with E-state index in [2.05, 4.69) is 14.9 Å². The fraction of sp³-hybridized carbons (Fsp3) is 0.688. The summed E-state index contributed by atoms with van der Waals surface area (Å²) >= 11 is 1.81. The van der Waals surface area contributed by atoms with E-state index >= 15 is 0 Å². The number of likely N-dealkylation sites (tertiary alicyclic amines) is 1. The van der Waals surface area contributed by atoms with Gasteiger partial charge in [0.25, 0.3) is 5.91 Å². The van der Waals surface area contributed by atoms with E-state index in [1.807, 2.05) is 29.8 Å². The Balaban J connectivity index is 1.56. The van der Waals surface area contributed by atoms with Crippen molar-refractivity contribution in [3.8, 4) is 0 Å². The molecule has 0 aromatic carbocycles. The van der Waals surface area contributed by atoms with Crippen molar-refractivity contribution in [3.63, 3.8) is 0 Å². The van der Waals surface area contributed by atoms with Crippen LogP contribution in [0.4, 0.5) is 0 Å². The van der Waals surface area contributed by atoms with E-state index in [-0.39, 0.29) is 5.91 Å². The molecular formula is C16H24N4O2S. The number of carbonyl (C=O) groups excluding carboxylic acids is 1. The fourth-order valence-corrected chi connectivity index (χ4v) is 4.44. The summed E-state index contributed by atoms with van der Waals surface area (Å²) in [5.74, 6) is 2.45. The summed E-state index contributed by atoms with van der Waals surface area (Å²) in [5.41, 5.74) is -1.14. The molecular weight excluding hydrogens is 312 g/mol. The highest BCUT2D eigenvalue weighted by atomic mass is 32.2. The van der Waals surface area contributed by atoms with E-state index in [1.54, 1.807) is 12.4 Å². The molecule has 2 saturated heterocycles. The molecule has 2 aliphatic rings. The first-order valence-electron chi connectivity index (χ1n) is 8.14. The molecule has 1 aromatic rings. The highest BCUT2D eigenvalue weighted by molar-refractivity contribution is 7.99. The lowest BCUT2D eigenvalue weighted by atomic mass is 9.95. The highest BCUT2D eigenvalue weighted by Crippen LogP contribution is 2.30. The topological polar surface area (TPSA) is 69.6 Å². The lowest BCUT2D eigenvalue weighted by molar-refractivity contribution is -0.151. The van der Waals surface area contributed by atoms with Gasteiger partial charge in [-0.1, -0.05) is 0 Å². The van der Waals surface area contributed by atoms with Crippen molar-refractivity contribution >= 4 is 17.7 Å². The molecule has 3 rings (SSSR count). The van der Waals surface area contributed by atoms with Crippen LogP contribution in [0.1, 0.15) is 25.1 Å². The standard InChI is InChI=1S/C16H24N4O2S/c1-19(12-14-17-6-2-7-18-14)13-3-8-20(11-13)15(21)16(22)4-9-23-10-5-16/h2,6-7,13,22H,3-5,8-12H2,1H3. The second-order valence-corrected chi connectivity index (χ2v) is 7.64. The van der Waals surface area contributed by atoms with Gasteiger partial charge in [-0.2, -0.15) is 11.8 Å². The Labute approximate surface area is 141 Å². The van der Waals surface area contributed by atoms with Gasteiger partial charge >= 0.3 is 0 Å². The third-order valence-corrected chi connectivity index (χ3v) is 5.79. The normalized spacial score (nSPS) is 24.1. The average molecular weight is 336 g/mol. The van der Waals surface area contributed by atoms with Gasteiger partial charge in [-0.15, -0.1) is 0 Å². The maximum atomic E-state index is 12.7. The Morgan fingerprint density at radius 1 is 1.43 bits per heavy atom. The Kier molecular flexibility index (Phi) is 5.18. The van der Waals surface area contributed by atoms with Crippen molar-refractivity contribution in [1.29, 1.82) is 0 Å². The number of rotatable bonds is 4. The minimum atomic E-state index is -1.14. The molecule has 7 heteroatoms. The summed E-state index contributed by atoms with van der Waals surface area (Å²) in [6, 6.07) is 2.10. The Bertz CT molecular complexity index is 536. The van der Waals surface area contributed by atoms with Crippen molar-refractivity contribution in [2.75, 3.05) is 31.6 Å². The number of amides is 1. The van der Waals surface area contributed by atoms with Gasteiger partial charge < -0.3 is 10.0 Å². The van der Waals surface area contributed by atoms with Crippen LogP contribution in [-0.4, -0.2) is 74.1 Å². The lowest BCUT2D eigenvalue weighted by Crippen LogP contribution is -2.51. The number of aromatic nitrogens is 2. The van der Waals surface area contributed by atoms with Crippen LogP contribution < -0.4 is 0 Å². The maximum Gasteiger partial charge on any atom is 0.254 e. The van der Waals surface area contributed by atoms with E-state index in [9.17, 15) is 9.90 Å². The summed E-state index contributed by atoms with van der Waals surface area (Å²) in [5, 5.41) is 10.6. The van der Waals surface area contributed by atoms with Crippen LogP contribution in [0.2, 0.25) is 0 Å². The van der Waals surface area contributed by atoms with Gasteiger partial charge in [0.05, 0.1) is 6.54 Å². The van der Waals surface area contributed by atoms with Gasteiger partial charge in [0, 0.05) is 31.5 Å². The first-order valence-corrected chi connectivity index (χ1v) is 9.29. The van der Waals surface area contributed by atoms with E-state index in [4.69, 9.17) is 0 Å². The van der Waals surface area contributed by atoms with Gasteiger partial charge in [0.1, 0.15) is 11.4 Å². The number of hydrogen-bond donors (Lipinski definition) is 1. The first-order chi connectivity index (χ1) is 11.1. The van der Waals surface area contributed by atoms with Gasteiger partial charge in [0.15, 0.2) is 0 Å². The van der Waals surface area contributed by atoms with Crippen molar-refractivity contribution in [2.45, 2.75) is 37.5 Å². The molecule has 3 heterocycles. The molecule has 1 aromatic heterocycles. The zero-order valence-electron chi connectivity index (χ0n) is 13.5. The highest BCUT2D eigenvalue weighted by Gasteiger charge is 2.42. The molecule has 23 heavy (non-hydrogen) atoms. The lowest BCUT2D eigenvalue weighted by Gasteiger charge is -2.34. The second-order valence-electron chi connectivity index (χ2n) is 6.42. The van der Waals surface area contributed by atoms with Crippen LogP contribution in [0.25, 0.3) is 0 Å². The van der Waals surface area contributed by atoms with Crippen LogP contribution in [0.15, 0.2) is 18.5 Å². The smallest absolute Gasteiger partial charge is 0.254 e. The average Bonchev–Trinajstić information content (AvgIpc) is 3.06. The van der Waals surface area contributed by atoms with Crippen molar-refractivity contribution in [2.24, 2.45) is 0 Å². The molecule has 126 valence electrons. The third kappa shape index (κ3) is 3.84. The Hall–Kier alpha value is -1.18. The van der Waals surface area contributed by atoms with Crippen molar-refractivity contribution in [1.82, 2.24) is 19.8 Å². The third-order valence-electron chi connectivity index (χ3n) is 4.80. The molecule has 0 bridgehead atoms. The predicted octanol–water partition coefficient (Wildman–Crippen LogP) is 0.767. The zero-order valence-corrected chi connectivity index (χ0v) is 14.3. The van der Waals surface area contributed by atoms with Crippen molar-refractivity contribution in [3.05, 3.63) is 24.3 Å². The van der Waals surface area contributed by atoms with Crippen LogP contribution >= 0.6 is 11.8 Å². The predicted molar refractivity (Wildman–Crippen MR) is 90.0 cm³/mol. The molecule has 0 spiro atoms. The van der Waals surface area contributed by atoms with E-state index < -0.39 is 5.60 Å². The van der Waals surface area contributed by atoms with Gasteiger partial charge in [0.2, 0.25) is 0 Å².